The van der Waals surface area contributed by atoms with Gasteiger partial charge in [-0.1, -0.05) is 43.5 Å². The van der Waals surface area contributed by atoms with Gasteiger partial charge in [-0.2, -0.15) is 0 Å². The topological polar surface area (TPSA) is 21.6 Å². The highest BCUT2D eigenvalue weighted by atomic mass is 32.1. The van der Waals surface area contributed by atoms with Gasteiger partial charge in [0.1, 0.15) is 11.3 Å². The lowest BCUT2D eigenvalue weighted by Gasteiger charge is -2.38. The van der Waals surface area contributed by atoms with Crippen molar-refractivity contribution < 1.29 is 4.74 Å². The molecule has 2 aliphatic rings. The largest absolute Gasteiger partial charge is 0.446 e. The molecule has 2 nitrogen and oxygen atoms in total. The molecule has 1 fully saturated rings. The molecule has 20 heavy (non-hydrogen) atoms. The number of thiophene rings is 1. The first-order valence-corrected chi connectivity index (χ1v) is 8.10. The van der Waals surface area contributed by atoms with Crippen molar-refractivity contribution in [1.29, 1.82) is 0 Å². The minimum absolute atomic E-state index is 0.228. The van der Waals surface area contributed by atoms with E-state index < -0.39 is 0 Å². The Kier molecular flexibility index (Phi) is 2.88. The molecule has 1 aromatic heterocycles. The van der Waals surface area contributed by atoms with Crippen LogP contribution in [0.15, 0.2) is 46.8 Å². The summed E-state index contributed by atoms with van der Waals surface area (Å²) in [7, 11) is 0. The fourth-order valence-electron chi connectivity index (χ4n) is 3.24. The third-order valence-electron chi connectivity index (χ3n) is 4.52. The van der Waals surface area contributed by atoms with E-state index in [4.69, 9.17) is 9.73 Å². The summed E-state index contributed by atoms with van der Waals surface area (Å²) in [6, 6.07) is 12.7. The van der Waals surface area contributed by atoms with Gasteiger partial charge in [-0.3, -0.25) is 0 Å². The zero-order valence-corrected chi connectivity index (χ0v) is 12.1. The first kappa shape index (κ1) is 12.2. The van der Waals surface area contributed by atoms with E-state index >= 15 is 0 Å². The monoisotopic (exact) mass is 283 g/mol. The number of rotatable bonds is 3. The molecule has 0 radical (unpaired) electrons. The van der Waals surface area contributed by atoms with Crippen LogP contribution in [0.5, 0.6) is 5.75 Å². The number of ether oxygens (including phenoxy) is 1. The SMILES string of the molecule is C1=NC(CC2CCC2)(c2cccs2)c2ccccc2O1. The Balaban J connectivity index is 1.86. The Hall–Kier alpha value is -1.61. The number of aliphatic imine (C=N–C) groups is 1. The normalized spacial score (nSPS) is 24.8. The van der Waals surface area contributed by atoms with Crippen LogP contribution >= 0.6 is 11.3 Å². The molecule has 1 saturated carbocycles. The Morgan fingerprint density at radius 2 is 2.10 bits per heavy atom. The van der Waals surface area contributed by atoms with E-state index in [1.165, 1.54) is 29.7 Å². The maximum absolute atomic E-state index is 5.62. The third kappa shape index (κ3) is 1.80. The zero-order chi connectivity index (χ0) is 13.4. The molecule has 102 valence electrons. The van der Waals surface area contributed by atoms with Crippen LogP contribution in [0.3, 0.4) is 0 Å². The van der Waals surface area contributed by atoms with Crippen molar-refractivity contribution in [3.8, 4) is 5.75 Å². The third-order valence-corrected chi connectivity index (χ3v) is 5.54. The van der Waals surface area contributed by atoms with Crippen LogP contribution in [-0.4, -0.2) is 6.40 Å². The van der Waals surface area contributed by atoms with Gasteiger partial charge in [0.15, 0.2) is 6.40 Å². The highest BCUT2D eigenvalue weighted by Gasteiger charge is 2.42. The Labute approximate surface area is 123 Å². The van der Waals surface area contributed by atoms with Crippen molar-refractivity contribution in [2.24, 2.45) is 10.9 Å². The number of para-hydroxylation sites is 1. The average Bonchev–Trinajstić information content (AvgIpc) is 2.97. The first-order chi connectivity index (χ1) is 9.88. The van der Waals surface area contributed by atoms with Gasteiger partial charge in [0.2, 0.25) is 0 Å². The summed E-state index contributed by atoms with van der Waals surface area (Å²) in [5, 5.41) is 2.14. The predicted molar refractivity (Wildman–Crippen MR) is 82.6 cm³/mol. The van der Waals surface area contributed by atoms with Crippen molar-refractivity contribution >= 4 is 17.7 Å². The molecule has 0 amide bonds. The number of benzene rings is 1. The number of hydrogen-bond acceptors (Lipinski definition) is 3. The van der Waals surface area contributed by atoms with Crippen LogP contribution in [0, 0.1) is 5.92 Å². The van der Waals surface area contributed by atoms with Crippen molar-refractivity contribution in [3.63, 3.8) is 0 Å². The summed E-state index contributed by atoms with van der Waals surface area (Å²) < 4.78 is 5.62. The lowest BCUT2D eigenvalue weighted by atomic mass is 9.72. The van der Waals surface area contributed by atoms with Crippen molar-refractivity contribution in [1.82, 2.24) is 0 Å². The fourth-order valence-corrected chi connectivity index (χ4v) is 4.14. The van der Waals surface area contributed by atoms with Gasteiger partial charge in [0.05, 0.1) is 0 Å². The minimum Gasteiger partial charge on any atom is -0.446 e. The Morgan fingerprint density at radius 3 is 2.85 bits per heavy atom. The second-order valence-electron chi connectivity index (χ2n) is 5.69. The molecule has 0 bridgehead atoms. The van der Waals surface area contributed by atoms with Gasteiger partial charge in [0, 0.05) is 10.4 Å². The standard InChI is InChI=1S/C17H17NOS/c1-2-8-15-14(7-1)17(18-12-19-15,11-13-5-3-6-13)16-9-4-10-20-16/h1-2,4,7-10,12-13H,3,5-6,11H2. The van der Waals surface area contributed by atoms with Gasteiger partial charge >= 0.3 is 0 Å². The molecule has 1 aliphatic heterocycles. The van der Waals surface area contributed by atoms with Crippen LogP contribution in [0.4, 0.5) is 0 Å². The molecule has 1 aromatic carbocycles. The highest BCUT2D eigenvalue weighted by molar-refractivity contribution is 7.10. The second-order valence-corrected chi connectivity index (χ2v) is 6.63. The van der Waals surface area contributed by atoms with E-state index in [9.17, 15) is 0 Å². The molecule has 0 saturated heterocycles. The van der Waals surface area contributed by atoms with E-state index in [1.54, 1.807) is 17.7 Å². The molecular formula is C17H17NOS. The molecule has 2 heterocycles. The Bertz CT molecular complexity index is 630. The number of nitrogens with zero attached hydrogens (tertiary/aromatic N) is 1. The maximum atomic E-state index is 5.62. The van der Waals surface area contributed by atoms with Crippen LogP contribution in [0.25, 0.3) is 0 Å². The van der Waals surface area contributed by atoms with E-state index in [0.717, 1.165) is 18.1 Å². The Morgan fingerprint density at radius 1 is 1.20 bits per heavy atom. The summed E-state index contributed by atoms with van der Waals surface area (Å²) in [5.74, 6) is 1.75. The molecule has 1 atom stereocenters. The predicted octanol–water partition coefficient (Wildman–Crippen LogP) is 4.60. The van der Waals surface area contributed by atoms with Gasteiger partial charge in [-0.05, 0) is 29.9 Å². The summed E-state index contributed by atoms with van der Waals surface area (Å²) in [4.78, 5) is 6.16. The molecular weight excluding hydrogens is 266 g/mol. The fraction of sp³-hybridized carbons (Fsp3) is 0.353. The molecule has 0 spiro atoms. The second kappa shape index (κ2) is 4.74. The van der Waals surface area contributed by atoms with Crippen molar-refractivity contribution in [3.05, 3.63) is 52.2 Å². The molecule has 2 aromatic rings. The lowest BCUT2D eigenvalue weighted by molar-refractivity contribution is 0.243. The number of hydrogen-bond donors (Lipinski definition) is 0. The van der Waals surface area contributed by atoms with E-state index in [0.29, 0.717) is 0 Å². The van der Waals surface area contributed by atoms with E-state index in [1.807, 2.05) is 12.1 Å². The quantitative estimate of drug-likeness (QED) is 0.806. The van der Waals surface area contributed by atoms with Crippen molar-refractivity contribution in [2.75, 3.05) is 0 Å². The van der Waals surface area contributed by atoms with Crippen LogP contribution < -0.4 is 4.74 Å². The number of fused-ring (bicyclic) bond motifs is 1. The lowest BCUT2D eigenvalue weighted by Crippen LogP contribution is -2.33. The highest BCUT2D eigenvalue weighted by Crippen LogP contribution is 2.49. The minimum atomic E-state index is -0.228. The van der Waals surface area contributed by atoms with Gasteiger partial charge in [-0.25, -0.2) is 4.99 Å². The van der Waals surface area contributed by atoms with Crippen LogP contribution in [-0.2, 0) is 5.54 Å². The molecule has 3 heteroatoms. The van der Waals surface area contributed by atoms with Crippen LogP contribution in [0.1, 0.15) is 36.1 Å². The van der Waals surface area contributed by atoms with Gasteiger partial charge < -0.3 is 4.74 Å². The summed E-state index contributed by atoms with van der Waals surface area (Å²) in [5.41, 5.74) is 0.991. The molecule has 1 unspecified atom stereocenters. The van der Waals surface area contributed by atoms with Crippen molar-refractivity contribution in [2.45, 2.75) is 31.2 Å². The van der Waals surface area contributed by atoms with Gasteiger partial charge in [0.25, 0.3) is 0 Å². The first-order valence-electron chi connectivity index (χ1n) is 7.22. The maximum Gasteiger partial charge on any atom is 0.177 e. The summed E-state index contributed by atoms with van der Waals surface area (Å²) in [6.07, 6.45) is 6.79. The molecule has 4 rings (SSSR count). The summed E-state index contributed by atoms with van der Waals surface area (Å²) >= 11 is 1.80. The van der Waals surface area contributed by atoms with E-state index in [2.05, 4.69) is 29.6 Å². The molecule has 1 aliphatic carbocycles. The zero-order valence-electron chi connectivity index (χ0n) is 11.3. The average molecular weight is 283 g/mol. The van der Waals surface area contributed by atoms with Gasteiger partial charge in [-0.15, -0.1) is 11.3 Å². The molecule has 0 N–H and O–H groups in total. The smallest absolute Gasteiger partial charge is 0.177 e. The summed E-state index contributed by atoms with van der Waals surface area (Å²) in [6.45, 7) is 0. The van der Waals surface area contributed by atoms with E-state index in [-0.39, 0.29) is 5.54 Å². The van der Waals surface area contributed by atoms with Crippen LogP contribution in [0.2, 0.25) is 0 Å².